The van der Waals surface area contributed by atoms with E-state index in [4.69, 9.17) is 21.4 Å². The summed E-state index contributed by atoms with van der Waals surface area (Å²) in [6.45, 7) is -0.249. The van der Waals surface area contributed by atoms with Gasteiger partial charge < -0.3 is 15.2 Å². The van der Waals surface area contributed by atoms with Gasteiger partial charge in [-0.05, 0) is 35.9 Å². The topological polar surface area (TPSA) is 58.6 Å². The number of carbonyl (C=O) groups is 1. The molecule has 0 aliphatic carbocycles. The quantitative estimate of drug-likeness (QED) is 0.845. The Balaban J connectivity index is 1.94. The van der Waals surface area contributed by atoms with Crippen LogP contribution in [-0.2, 0) is 11.4 Å². The van der Waals surface area contributed by atoms with Crippen LogP contribution in [-0.4, -0.2) is 17.6 Å². The number of aliphatic hydroxyl groups is 1. The van der Waals surface area contributed by atoms with E-state index in [0.29, 0.717) is 22.0 Å². The number of nitrogens with one attached hydrogen (secondary N) is 1. The van der Waals surface area contributed by atoms with E-state index in [1.165, 1.54) is 0 Å². The largest absolute Gasteiger partial charge is 0.484 e. The number of benzene rings is 2. The van der Waals surface area contributed by atoms with Gasteiger partial charge in [-0.2, -0.15) is 0 Å². The van der Waals surface area contributed by atoms with Crippen LogP contribution < -0.4 is 10.1 Å². The highest BCUT2D eigenvalue weighted by molar-refractivity contribution is 9.10. The Morgan fingerprint density at radius 1 is 1.29 bits per heavy atom. The van der Waals surface area contributed by atoms with Crippen LogP contribution in [0.3, 0.4) is 0 Å². The van der Waals surface area contributed by atoms with Gasteiger partial charge in [-0.25, -0.2) is 0 Å². The molecule has 6 heteroatoms. The average molecular weight is 371 g/mol. The number of para-hydroxylation sites is 1. The summed E-state index contributed by atoms with van der Waals surface area (Å²) < 4.78 is 6.18. The lowest BCUT2D eigenvalue weighted by Gasteiger charge is -2.10. The Kier molecular flexibility index (Phi) is 5.61. The summed E-state index contributed by atoms with van der Waals surface area (Å²) in [5.74, 6) is 0.202. The first-order valence-corrected chi connectivity index (χ1v) is 7.33. The van der Waals surface area contributed by atoms with Gasteiger partial charge in [0.1, 0.15) is 5.75 Å². The number of hydrogen-bond acceptors (Lipinski definition) is 3. The number of halogens is 2. The predicted octanol–water partition coefficient (Wildman–Crippen LogP) is 3.61. The van der Waals surface area contributed by atoms with E-state index < -0.39 is 0 Å². The molecule has 0 fully saturated rings. The van der Waals surface area contributed by atoms with E-state index in [9.17, 15) is 4.79 Å². The molecule has 0 aliphatic heterocycles. The van der Waals surface area contributed by atoms with Gasteiger partial charge >= 0.3 is 0 Å². The minimum atomic E-state index is -0.309. The summed E-state index contributed by atoms with van der Waals surface area (Å²) in [4.78, 5) is 11.8. The Hall–Kier alpha value is -1.56. The lowest BCUT2D eigenvalue weighted by Crippen LogP contribution is -2.20. The van der Waals surface area contributed by atoms with Gasteiger partial charge in [0.05, 0.1) is 17.3 Å². The monoisotopic (exact) mass is 369 g/mol. The molecule has 21 heavy (non-hydrogen) atoms. The van der Waals surface area contributed by atoms with Crippen molar-refractivity contribution in [3.63, 3.8) is 0 Å². The van der Waals surface area contributed by atoms with Crippen molar-refractivity contribution < 1.29 is 14.6 Å². The van der Waals surface area contributed by atoms with Crippen LogP contribution in [0.2, 0.25) is 5.02 Å². The van der Waals surface area contributed by atoms with E-state index in [2.05, 4.69) is 21.2 Å². The fourth-order valence-corrected chi connectivity index (χ4v) is 2.21. The van der Waals surface area contributed by atoms with Gasteiger partial charge in [-0.1, -0.05) is 39.7 Å². The minimum absolute atomic E-state index is 0.108. The molecule has 0 heterocycles. The predicted molar refractivity (Wildman–Crippen MR) is 85.6 cm³/mol. The first kappa shape index (κ1) is 15.8. The number of rotatable bonds is 5. The van der Waals surface area contributed by atoms with Crippen molar-refractivity contribution >= 4 is 39.1 Å². The van der Waals surface area contributed by atoms with Crippen LogP contribution in [0, 0.1) is 0 Å². The second-order valence-corrected chi connectivity index (χ2v) is 5.49. The summed E-state index contributed by atoms with van der Waals surface area (Å²) in [5, 5.41) is 12.3. The minimum Gasteiger partial charge on any atom is -0.484 e. The molecule has 2 aromatic carbocycles. The zero-order valence-corrected chi connectivity index (χ0v) is 13.3. The van der Waals surface area contributed by atoms with Crippen molar-refractivity contribution in [2.75, 3.05) is 11.9 Å². The molecule has 0 atom stereocenters. The van der Waals surface area contributed by atoms with Crippen LogP contribution >= 0.6 is 27.5 Å². The molecule has 0 spiro atoms. The molecule has 4 nitrogen and oxygen atoms in total. The summed E-state index contributed by atoms with van der Waals surface area (Å²) in [5.41, 5.74) is 1.23. The number of carbonyl (C=O) groups excluding carboxylic acids is 1. The second-order valence-electron chi connectivity index (χ2n) is 4.23. The first-order chi connectivity index (χ1) is 10.1. The van der Waals surface area contributed by atoms with Crippen molar-refractivity contribution in [3.05, 3.63) is 57.5 Å². The van der Waals surface area contributed by atoms with E-state index in [-0.39, 0.29) is 19.1 Å². The molecule has 0 aliphatic rings. The first-order valence-electron chi connectivity index (χ1n) is 6.16. The summed E-state index contributed by atoms with van der Waals surface area (Å²) in [7, 11) is 0. The van der Waals surface area contributed by atoms with Crippen LogP contribution in [0.15, 0.2) is 46.9 Å². The Morgan fingerprint density at radius 2 is 2.05 bits per heavy atom. The maximum absolute atomic E-state index is 11.8. The molecule has 0 saturated carbocycles. The number of hydrogen-bond donors (Lipinski definition) is 2. The molecule has 0 bridgehead atoms. The molecule has 0 saturated heterocycles. The van der Waals surface area contributed by atoms with Crippen LogP contribution in [0.1, 0.15) is 5.56 Å². The highest BCUT2D eigenvalue weighted by Crippen LogP contribution is 2.23. The molecule has 2 rings (SSSR count). The Labute approximate surface area is 135 Å². The van der Waals surface area contributed by atoms with Crippen LogP contribution in [0.5, 0.6) is 5.75 Å². The number of anilines is 1. The molecule has 0 unspecified atom stereocenters. The van der Waals surface area contributed by atoms with E-state index in [1.54, 1.807) is 42.5 Å². The fourth-order valence-electron chi connectivity index (χ4n) is 1.66. The molecule has 110 valence electrons. The van der Waals surface area contributed by atoms with Gasteiger partial charge in [-0.15, -0.1) is 0 Å². The van der Waals surface area contributed by atoms with Crippen LogP contribution in [0.4, 0.5) is 5.69 Å². The summed E-state index contributed by atoms with van der Waals surface area (Å²) in [6, 6.07) is 12.1. The molecule has 2 aromatic rings. The third kappa shape index (κ3) is 4.46. The van der Waals surface area contributed by atoms with E-state index in [1.807, 2.05) is 0 Å². The maximum atomic E-state index is 11.8. The van der Waals surface area contributed by atoms with Gasteiger partial charge in [0.15, 0.2) is 6.61 Å². The molecular formula is C15H13BrClNO3. The third-order valence-corrected chi connectivity index (χ3v) is 3.81. The molecular weight excluding hydrogens is 358 g/mol. The molecule has 0 aromatic heterocycles. The smallest absolute Gasteiger partial charge is 0.262 e. The van der Waals surface area contributed by atoms with E-state index in [0.717, 1.165) is 4.47 Å². The second kappa shape index (κ2) is 7.45. The number of ether oxygens (including phenoxy) is 1. The Bertz CT molecular complexity index is 649. The fraction of sp³-hybridized carbons (Fsp3) is 0.133. The zero-order valence-electron chi connectivity index (χ0n) is 11.0. The van der Waals surface area contributed by atoms with Crippen molar-refractivity contribution in [1.29, 1.82) is 0 Å². The van der Waals surface area contributed by atoms with Gasteiger partial charge in [-0.3, -0.25) is 4.79 Å². The van der Waals surface area contributed by atoms with E-state index >= 15 is 0 Å². The Morgan fingerprint density at radius 3 is 2.76 bits per heavy atom. The highest BCUT2D eigenvalue weighted by Gasteiger charge is 2.07. The summed E-state index contributed by atoms with van der Waals surface area (Å²) in [6.07, 6.45) is 0. The molecule has 0 radical (unpaired) electrons. The lowest BCUT2D eigenvalue weighted by molar-refractivity contribution is -0.118. The molecule has 2 N–H and O–H groups in total. The van der Waals surface area contributed by atoms with Crippen molar-refractivity contribution in [2.24, 2.45) is 0 Å². The molecule has 1 amide bonds. The van der Waals surface area contributed by atoms with Crippen molar-refractivity contribution in [1.82, 2.24) is 0 Å². The maximum Gasteiger partial charge on any atom is 0.262 e. The standard InChI is InChI=1S/C15H13BrClNO3/c16-12-6-5-11(7-10(12)8-19)21-9-15(20)18-14-4-2-1-3-13(14)17/h1-7,19H,8-9H2,(H,18,20). The third-order valence-electron chi connectivity index (χ3n) is 2.71. The average Bonchev–Trinajstić information content (AvgIpc) is 2.49. The lowest BCUT2D eigenvalue weighted by atomic mass is 10.2. The summed E-state index contributed by atoms with van der Waals surface area (Å²) >= 11 is 9.27. The number of aliphatic hydroxyl groups excluding tert-OH is 1. The zero-order chi connectivity index (χ0) is 15.2. The van der Waals surface area contributed by atoms with Gasteiger partial charge in [0.2, 0.25) is 0 Å². The highest BCUT2D eigenvalue weighted by atomic mass is 79.9. The van der Waals surface area contributed by atoms with Crippen molar-refractivity contribution in [2.45, 2.75) is 6.61 Å². The van der Waals surface area contributed by atoms with Crippen LogP contribution in [0.25, 0.3) is 0 Å². The van der Waals surface area contributed by atoms with Gasteiger partial charge in [0, 0.05) is 4.47 Å². The SMILES string of the molecule is O=C(COc1ccc(Br)c(CO)c1)Nc1ccccc1Cl. The van der Waals surface area contributed by atoms with Gasteiger partial charge in [0.25, 0.3) is 5.91 Å². The van der Waals surface area contributed by atoms with Crippen molar-refractivity contribution in [3.8, 4) is 5.75 Å². The normalized spacial score (nSPS) is 10.2. The number of amides is 1.